The smallest absolute Gasteiger partial charge is 0.0110 e. The van der Waals surface area contributed by atoms with E-state index in [-0.39, 0.29) is 0 Å². The Bertz CT molecular complexity index is 122. The van der Waals surface area contributed by atoms with E-state index in [2.05, 4.69) is 39.7 Å². The number of likely N-dealkylation sites (N-methyl/N-ethyl adjacent to an activating group) is 1. The number of rotatable bonds is 3. The standard InChI is InChI=1S/C9H19BrN2/c1-9(7-10)8-12-5-3-11(2)4-6-12/h9H,3-8H2,1-2H3. The van der Waals surface area contributed by atoms with Crippen molar-refractivity contribution in [2.45, 2.75) is 6.92 Å². The highest BCUT2D eigenvalue weighted by Crippen LogP contribution is 2.06. The van der Waals surface area contributed by atoms with Gasteiger partial charge in [0.05, 0.1) is 0 Å². The first-order chi connectivity index (χ1) is 5.72. The van der Waals surface area contributed by atoms with E-state index in [1.165, 1.54) is 32.7 Å². The molecule has 0 aromatic rings. The monoisotopic (exact) mass is 234 g/mol. The summed E-state index contributed by atoms with van der Waals surface area (Å²) in [6.07, 6.45) is 0. The molecule has 1 unspecified atom stereocenters. The van der Waals surface area contributed by atoms with Crippen molar-refractivity contribution in [1.82, 2.24) is 9.80 Å². The lowest BCUT2D eigenvalue weighted by Gasteiger charge is -2.33. The van der Waals surface area contributed by atoms with Gasteiger partial charge in [-0.1, -0.05) is 22.9 Å². The van der Waals surface area contributed by atoms with E-state index in [1.807, 2.05) is 0 Å². The molecule has 12 heavy (non-hydrogen) atoms. The highest BCUT2D eigenvalue weighted by molar-refractivity contribution is 9.09. The summed E-state index contributed by atoms with van der Waals surface area (Å²) in [7, 11) is 2.20. The Labute approximate surface area is 84.0 Å². The van der Waals surface area contributed by atoms with Crippen LogP contribution in [-0.4, -0.2) is 54.9 Å². The fourth-order valence-electron chi connectivity index (χ4n) is 1.52. The average Bonchev–Trinajstić information content (AvgIpc) is 2.09. The highest BCUT2D eigenvalue weighted by atomic mass is 79.9. The van der Waals surface area contributed by atoms with Gasteiger partial charge in [-0.2, -0.15) is 0 Å². The molecule has 1 fully saturated rings. The molecular weight excluding hydrogens is 216 g/mol. The molecule has 0 spiro atoms. The van der Waals surface area contributed by atoms with Crippen LogP contribution in [0.3, 0.4) is 0 Å². The van der Waals surface area contributed by atoms with E-state index in [1.54, 1.807) is 0 Å². The molecule has 0 aliphatic carbocycles. The van der Waals surface area contributed by atoms with Gasteiger partial charge in [0.1, 0.15) is 0 Å². The number of piperazine rings is 1. The number of halogens is 1. The molecule has 1 rings (SSSR count). The second-order valence-electron chi connectivity index (χ2n) is 3.86. The van der Waals surface area contributed by atoms with Crippen molar-refractivity contribution in [3.05, 3.63) is 0 Å². The van der Waals surface area contributed by atoms with Gasteiger partial charge in [-0.25, -0.2) is 0 Å². The molecule has 0 amide bonds. The Hall–Kier alpha value is 0.400. The summed E-state index contributed by atoms with van der Waals surface area (Å²) in [6.45, 7) is 8.50. The first-order valence-corrected chi connectivity index (χ1v) is 5.81. The van der Waals surface area contributed by atoms with Crippen LogP contribution in [0.2, 0.25) is 0 Å². The Morgan fingerprint density at radius 2 is 1.83 bits per heavy atom. The number of nitrogens with zero attached hydrogens (tertiary/aromatic N) is 2. The SMILES string of the molecule is CC(CBr)CN1CCN(C)CC1. The van der Waals surface area contributed by atoms with Crippen LogP contribution in [0.1, 0.15) is 6.92 Å². The van der Waals surface area contributed by atoms with Gasteiger partial charge in [0.25, 0.3) is 0 Å². The summed E-state index contributed by atoms with van der Waals surface area (Å²) >= 11 is 3.52. The van der Waals surface area contributed by atoms with Gasteiger partial charge in [0.15, 0.2) is 0 Å². The maximum absolute atomic E-state index is 3.52. The Balaban J connectivity index is 2.17. The molecule has 1 atom stereocenters. The van der Waals surface area contributed by atoms with E-state index < -0.39 is 0 Å². The van der Waals surface area contributed by atoms with Crippen LogP contribution in [0.4, 0.5) is 0 Å². The van der Waals surface area contributed by atoms with Crippen molar-refractivity contribution in [2.75, 3.05) is 45.1 Å². The van der Waals surface area contributed by atoms with Gasteiger partial charge < -0.3 is 9.80 Å². The second-order valence-corrected chi connectivity index (χ2v) is 4.51. The lowest BCUT2D eigenvalue weighted by molar-refractivity contribution is 0.142. The molecule has 0 saturated carbocycles. The number of hydrogen-bond donors (Lipinski definition) is 0. The molecule has 0 radical (unpaired) electrons. The third-order valence-electron chi connectivity index (χ3n) is 2.43. The third-order valence-corrected chi connectivity index (χ3v) is 3.53. The molecule has 3 heteroatoms. The average molecular weight is 235 g/mol. The van der Waals surface area contributed by atoms with E-state index >= 15 is 0 Å². The highest BCUT2D eigenvalue weighted by Gasteiger charge is 2.14. The van der Waals surface area contributed by atoms with E-state index in [9.17, 15) is 0 Å². The molecule has 0 aromatic heterocycles. The predicted octanol–water partition coefficient (Wildman–Crippen LogP) is 1.26. The van der Waals surface area contributed by atoms with Gasteiger partial charge in [-0.05, 0) is 13.0 Å². The molecule has 1 saturated heterocycles. The topological polar surface area (TPSA) is 6.48 Å². The fourth-order valence-corrected chi connectivity index (χ4v) is 1.72. The first kappa shape index (κ1) is 10.5. The van der Waals surface area contributed by atoms with Crippen LogP contribution >= 0.6 is 15.9 Å². The van der Waals surface area contributed by atoms with E-state index in [0.29, 0.717) is 0 Å². The lowest BCUT2D eigenvalue weighted by atomic mass is 10.2. The molecule has 0 N–H and O–H groups in total. The third kappa shape index (κ3) is 3.42. The number of alkyl halides is 1. The maximum Gasteiger partial charge on any atom is 0.0110 e. The van der Waals surface area contributed by atoms with Crippen LogP contribution in [-0.2, 0) is 0 Å². The van der Waals surface area contributed by atoms with E-state index in [0.717, 1.165) is 11.2 Å². The molecule has 1 aliphatic heterocycles. The van der Waals surface area contributed by atoms with Crippen molar-refractivity contribution < 1.29 is 0 Å². The van der Waals surface area contributed by atoms with Crippen molar-refractivity contribution in [3.8, 4) is 0 Å². The zero-order valence-electron chi connectivity index (χ0n) is 8.09. The molecule has 0 aromatic carbocycles. The van der Waals surface area contributed by atoms with Gasteiger partial charge in [-0.15, -0.1) is 0 Å². The molecular formula is C9H19BrN2. The van der Waals surface area contributed by atoms with Crippen molar-refractivity contribution in [1.29, 1.82) is 0 Å². The van der Waals surface area contributed by atoms with Crippen LogP contribution < -0.4 is 0 Å². The minimum Gasteiger partial charge on any atom is -0.304 e. The fraction of sp³-hybridized carbons (Fsp3) is 1.00. The van der Waals surface area contributed by atoms with Crippen molar-refractivity contribution in [3.63, 3.8) is 0 Å². The molecule has 72 valence electrons. The molecule has 0 bridgehead atoms. The van der Waals surface area contributed by atoms with Crippen LogP contribution in [0.25, 0.3) is 0 Å². The molecule has 2 nitrogen and oxygen atoms in total. The Morgan fingerprint density at radius 1 is 1.25 bits per heavy atom. The quantitative estimate of drug-likeness (QED) is 0.679. The Kier molecular flexibility index (Phi) is 4.54. The van der Waals surface area contributed by atoms with Gasteiger partial charge >= 0.3 is 0 Å². The zero-order chi connectivity index (χ0) is 8.97. The first-order valence-electron chi connectivity index (χ1n) is 4.69. The summed E-state index contributed by atoms with van der Waals surface area (Å²) in [5.74, 6) is 0.786. The van der Waals surface area contributed by atoms with Gasteiger partial charge in [0.2, 0.25) is 0 Å². The largest absolute Gasteiger partial charge is 0.304 e. The minimum atomic E-state index is 0.786. The Morgan fingerprint density at radius 3 is 2.33 bits per heavy atom. The summed E-state index contributed by atoms with van der Waals surface area (Å²) < 4.78 is 0. The summed E-state index contributed by atoms with van der Waals surface area (Å²) in [6, 6.07) is 0. The minimum absolute atomic E-state index is 0.786. The predicted molar refractivity (Wildman–Crippen MR) is 56.9 cm³/mol. The van der Waals surface area contributed by atoms with Crippen LogP contribution in [0.5, 0.6) is 0 Å². The van der Waals surface area contributed by atoms with Crippen molar-refractivity contribution >= 4 is 15.9 Å². The number of hydrogen-bond acceptors (Lipinski definition) is 2. The van der Waals surface area contributed by atoms with Crippen LogP contribution in [0, 0.1) is 5.92 Å². The van der Waals surface area contributed by atoms with Gasteiger partial charge in [-0.3, -0.25) is 0 Å². The maximum atomic E-state index is 3.52. The summed E-state index contributed by atoms with van der Waals surface area (Å²) in [5.41, 5.74) is 0. The van der Waals surface area contributed by atoms with Crippen molar-refractivity contribution in [2.24, 2.45) is 5.92 Å². The van der Waals surface area contributed by atoms with E-state index in [4.69, 9.17) is 0 Å². The normalized spacial score (nSPS) is 24.2. The van der Waals surface area contributed by atoms with Crippen LogP contribution in [0.15, 0.2) is 0 Å². The summed E-state index contributed by atoms with van der Waals surface area (Å²) in [5, 5.41) is 1.12. The second kappa shape index (κ2) is 5.20. The van der Waals surface area contributed by atoms with Gasteiger partial charge in [0, 0.05) is 38.1 Å². The molecule has 1 heterocycles. The lowest BCUT2D eigenvalue weighted by Crippen LogP contribution is -2.45. The zero-order valence-corrected chi connectivity index (χ0v) is 9.68. The molecule has 1 aliphatic rings. The summed E-state index contributed by atoms with van der Waals surface area (Å²) in [4.78, 5) is 4.96.